The number of hydrogen-bond donors (Lipinski definition) is 1. The molecule has 0 amide bonds. The maximum absolute atomic E-state index is 6.04. The highest BCUT2D eigenvalue weighted by atomic mass is 35.5. The second-order valence-electron chi connectivity index (χ2n) is 3.62. The quantitative estimate of drug-likeness (QED) is 0.802. The summed E-state index contributed by atoms with van der Waals surface area (Å²) >= 11 is 6.04. The van der Waals surface area contributed by atoms with Crippen LogP contribution in [0.5, 0.6) is 0 Å². The van der Waals surface area contributed by atoms with E-state index in [2.05, 4.69) is 31.3 Å². The summed E-state index contributed by atoms with van der Waals surface area (Å²) in [6.45, 7) is 5.36. The van der Waals surface area contributed by atoms with Crippen molar-refractivity contribution in [2.75, 3.05) is 6.54 Å². The van der Waals surface area contributed by atoms with Crippen LogP contribution < -0.4 is 5.32 Å². The van der Waals surface area contributed by atoms with Gasteiger partial charge < -0.3 is 5.32 Å². The van der Waals surface area contributed by atoms with E-state index in [1.165, 1.54) is 0 Å². The van der Waals surface area contributed by atoms with Crippen LogP contribution in [0.15, 0.2) is 30.3 Å². The molecular formula is C13H18ClN. The lowest BCUT2D eigenvalue weighted by Gasteiger charge is -2.07. The molecule has 0 saturated carbocycles. The van der Waals surface area contributed by atoms with E-state index in [9.17, 15) is 0 Å². The van der Waals surface area contributed by atoms with Crippen molar-refractivity contribution in [1.82, 2.24) is 5.32 Å². The molecule has 1 aromatic rings. The number of benzene rings is 1. The summed E-state index contributed by atoms with van der Waals surface area (Å²) < 4.78 is 0. The summed E-state index contributed by atoms with van der Waals surface area (Å²) in [5.74, 6) is 0. The molecule has 1 unspecified atom stereocenters. The molecule has 1 N–H and O–H groups in total. The zero-order valence-corrected chi connectivity index (χ0v) is 10.1. The van der Waals surface area contributed by atoms with E-state index in [-0.39, 0.29) is 0 Å². The van der Waals surface area contributed by atoms with Gasteiger partial charge in [0.2, 0.25) is 0 Å². The van der Waals surface area contributed by atoms with Gasteiger partial charge in [-0.25, -0.2) is 0 Å². The van der Waals surface area contributed by atoms with Crippen LogP contribution in [0.25, 0.3) is 6.08 Å². The van der Waals surface area contributed by atoms with Crippen LogP contribution in [-0.2, 0) is 0 Å². The first-order chi connectivity index (χ1) is 7.24. The fourth-order valence-electron chi connectivity index (χ4n) is 1.30. The SMILES string of the molecule is CCCNC(C)/C=C/c1ccccc1Cl. The van der Waals surface area contributed by atoms with Crippen molar-refractivity contribution < 1.29 is 0 Å². The predicted molar refractivity (Wildman–Crippen MR) is 68.2 cm³/mol. The van der Waals surface area contributed by atoms with Gasteiger partial charge in [-0.15, -0.1) is 0 Å². The molecular weight excluding hydrogens is 206 g/mol. The molecule has 0 bridgehead atoms. The monoisotopic (exact) mass is 223 g/mol. The average Bonchev–Trinajstić information content (AvgIpc) is 2.25. The second kappa shape index (κ2) is 6.65. The van der Waals surface area contributed by atoms with Crippen LogP contribution in [0.3, 0.4) is 0 Å². The number of rotatable bonds is 5. The third-order valence-corrected chi connectivity index (χ3v) is 2.53. The molecule has 0 aliphatic heterocycles. The Morgan fingerprint density at radius 2 is 2.13 bits per heavy atom. The molecule has 0 aromatic heterocycles. The predicted octanol–water partition coefficient (Wildman–Crippen LogP) is 3.74. The molecule has 0 fully saturated rings. The number of nitrogens with one attached hydrogen (secondary N) is 1. The lowest BCUT2D eigenvalue weighted by Crippen LogP contribution is -2.24. The number of halogens is 1. The fourth-order valence-corrected chi connectivity index (χ4v) is 1.50. The van der Waals surface area contributed by atoms with E-state index >= 15 is 0 Å². The summed E-state index contributed by atoms with van der Waals surface area (Å²) in [5, 5.41) is 4.19. The third-order valence-electron chi connectivity index (χ3n) is 2.19. The maximum atomic E-state index is 6.04. The van der Waals surface area contributed by atoms with Crippen LogP contribution in [-0.4, -0.2) is 12.6 Å². The van der Waals surface area contributed by atoms with Crippen molar-refractivity contribution in [1.29, 1.82) is 0 Å². The van der Waals surface area contributed by atoms with Crippen molar-refractivity contribution in [3.63, 3.8) is 0 Å². The largest absolute Gasteiger partial charge is 0.311 e. The minimum atomic E-state index is 0.390. The van der Waals surface area contributed by atoms with Crippen LogP contribution in [0, 0.1) is 0 Å². The van der Waals surface area contributed by atoms with Crippen molar-refractivity contribution in [2.24, 2.45) is 0 Å². The first-order valence-electron chi connectivity index (χ1n) is 5.40. The smallest absolute Gasteiger partial charge is 0.0478 e. The highest BCUT2D eigenvalue weighted by Crippen LogP contribution is 2.16. The Morgan fingerprint density at radius 1 is 1.40 bits per heavy atom. The molecule has 15 heavy (non-hydrogen) atoms. The summed E-state index contributed by atoms with van der Waals surface area (Å²) in [4.78, 5) is 0. The lowest BCUT2D eigenvalue weighted by molar-refractivity contribution is 0.625. The van der Waals surface area contributed by atoms with Gasteiger partial charge in [0.15, 0.2) is 0 Å². The average molecular weight is 224 g/mol. The van der Waals surface area contributed by atoms with Gasteiger partial charge in [0.1, 0.15) is 0 Å². The molecule has 1 rings (SSSR count). The standard InChI is InChI=1S/C13H18ClN/c1-3-10-15-11(2)8-9-12-6-4-5-7-13(12)14/h4-9,11,15H,3,10H2,1-2H3/b9-8+. The lowest BCUT2D eigenvalue weighted by atomic mass is 10.2. The van der Waals surface area contributed by atoms with Gasteiger partial charge in [0.05, 0.1) is 0 Å². The van der Waals surface area contributed by atoms with Crippen LogP contribution in [0.4, 0.5) is 0 Å². The highest BCUT2D eigenvalue weighted by Gasteiger charge is 1.96. The Kier molecular flexibility index (Phi) is 5.44. The summed E-state index contributed by atoms with van der Waals surface area (Å²) in [7, 11) is 0. The van der Waals surface area contributed by atoms with Gasteiger partial charge in [-0.1, -0.05) is 48.9 Å². The molecule has 1 nitrogen and oxygen atoms in total. The Bertz CT molecular complexity index is 320. The van der Waals surface area contributed by atoms with E-state index in [0.29, 0.717) is 6.04 Å². The summed E-state index contributed by atoms with van der Waals surface area (Å²) in [6, 6.07) is 8.26. The minimum absolute atomic E-state index is 0.390. The van der Waals surface area contributed by atoms with Gasteiger partial charge in [0.25, 0.3) is 0 Å². The minimum Gasteiger partial charge on any atom is -0.311 e. The summed E-state index contributed by atoms with van der Waals surface area (Å²) in [6.07, 6.45) is 5.36. The van der Waals surface area contributed by atoms with Gasteiger partial charge in [-0.05, 0) is 31.5 Å². The molecule has 0 saturated heterocycles. The van der Waals surface area contributed by atoms with E-state index in [1.807, 2.05) is 24.3 Å². The second-order valence-corrected chi connectivity index (χ2v) is 4.03. The van der Waals surface area contributed by atoms with Crippen molar-refractivity contribution in [3.05, 3.63) is 40.9 Å². The van der Waals surface area contributed by atoms with Crippen molar-refractivity contribution in [3.8, 4) is 0 Å². The molecule has 0 radical (unpaired) electrons. The molecule has 0 aliphatic carbocycles. The maximum Gasteiger partial charge on any atom is 0.0478 e. The molecule has 0 spiro atoms. The fraction of sp³-hybridized carbons (Fsp3) is 0.385. The van der Waals surface area contributed by atoms with Crippen LogP contribution >= 0.6 is 11.6 Å². The van der Waals surface area contributed by atoms with E-state index in [1.54, 1.807) is 0 Å². The van der Waals surface area contributed by atoms with E-state index in [0.717, 1.165) is 23.6 Å². The van der Waals surface area contributed by atoms with Gasteiger partial charge in [0, 0.05) is 11.1 Å². The first-order valence-corrected chi connectivity index (χ1v) is 5.78. The number of hydrogen-bond acceptors (Lipinski definition) is 1. The topological polar surface area (TPSA) is 12.0 Å². The Morgan fingerprint density at radius 3 is 2.80 bits per heavy atom. The Hall–Kier alpha value is -0.790. The van der Waals surface area contributed by atoms with Crippen LogP contribution in [0.1, 0.15) is 25.8 Å². The molecule has 0 aliphatic rings. The Balaban J connectivity index is 2.53. The van der Waals surface area contributed by atoms with E-state index < -0.39 is 0 Å². The molecule has 82 valence electrons. The van der Waals surface area contributed by atoms with Gasteiger partial charge >= 0.3 is 0 Å². The zero-order valence-electron chi connectivity index (χ0n) is 9.33. The molecule has 0 heterocycles. The Labute approximate surface area is 97.1 Å². The van der Waals surface area contributed by atoms with Crippen LogP contribution in [0.2, 0.25) is 5.02 Å². The van der Waals surface area contributed by atoms with Crippen molar-refractivity contribution in [2.45, 2.75) is 26.3 Å². The third kappa shape index (κ3) is 4.50. The molecule has 1 atom stereocenters. The highest BCUT2D eigenvalue weighted by molar-refractivity contribution is 6.32. The molecule has 1 aromatic carbocycles. The zero-order chi connectivity index (χ0) is 11.1. The summed E-state index contributed by atoms with van der Waals surface area (Å²) in [5.41, 5.74) is 1.07. The normalized spacial score (nSPS) is 13.3. The molecule has 2 heteroatoms. The van der Waals surface area contributed by atoms with Gasteiger partial charge in [-0.2, -0.15) is 0 Å². The van der Waals surface area contributed by atoms with E-state index in [4.69, 9.17) is 11.6 Å². The van der Waals surface area contributed by atoms with Gasteiger partial charge in [-0.3, -0.25) is 0 Å². The van der Waals surface area contributed by atoms with Crippen molar-refractivity contribution >= 4 is 17.7 Å². The first kappa shape index (κ1) is 12.3.